The second-order valence-corrected chi connectivity index (χ2v) is 7.11. The summed E-state index contributed by atoms with van der Waals surface area (Å²) >= 11 is 0. The molecule has 5 nitrogen and oxygen atoms in total. The van der Waals surface area contributed by atoms with Crippen LogP contribution in [0.25, 0.3) is 0 Å². The average Bonchev–Trinajstić information content (AvgIpc) is 3.24. The number of ketones is 2. The van der Waals surface area contributed by atoms with Crippen molar-refractivity contribution in [3.63, 3.8) is 0 Å². The van der Waals surface area contributed by atoms with Crippen molar-refractivity contribution in [2.45, 2.75) is 65.3 Å². The molecule has 1 heterocycles. The monoisotopic (exact) mass is 316 g/mol. The van der Waals surface area contributed by atoms with Gasteiger partial charge in [0.1, 0.15) is 5.76 Å². The van der Waals surface area contributed by atoms with Gasteiger partial charge in [-0.3, -0.25) is 14.3 Å². The first-order valence-corrected chi connectivity index (χ1v) is 8.36. The van der Waals surface area contributed by atoms with E-state index < -0.39 is 0 Å². The van der Waals surface area contributed by atoms with Crippen molar-refractivity contribution in [3.05, 3.63) is 28.3 Å². The lowest BCUT2D eigenvalue weighted by molar-refractivity contribution is -0.124. The fourth-order valence-electron chi connectivity index (χ4n) is 3.70. The van der Waals surface area contributed by atoms with Crippen LogP contribution in [-0.2, 0) is 9.59 Å². The van der Waals surface area contributed by atoms with Crippen molar-refractivity contribution >= 4 is 11.6 Å². The standard InChI is InChI=1S/C18H24N2O3/c1-9(2)20-11(4)16(10(3)19-20)13-7-14(21)17(15(22)8-13)18(23)12-5-6-12/h9,12-13,23H,5-8H2,1-4H3. The van der Waals surface area contributed by atoms with Crippen LogP contribution < -0.4 is 0 Å². The van der Waals surface area contributed by atoms with E-state index in [-0.39, 0.29) is 53.6 Å². The Balaban J connectivity index is 1.92. The van der Waals surface area contributed by atoms with Crippen LogP contribution in [0.5, 0.6) is 0 Å². The molecule has 0 amide bonds. The van der Waals surface area contributed by atoms with E-state index in [0.29, 0.717) is 0 Å². The molecule has 23 heavy (non-hydrogen) atoms. The van der Waals surface area contributed by atoms with Gasteiger partial charge in [-0.15, -0.1) is 0 Å². The lowest BCUT2D eigenvalue weighted by Crippen LogP contribution is -2.27. The minimum Gasteiger partial charge on any atom is -0.511 e. The van der Waals surface area contributed by atoms with E-state index in [1.165, 1.54) is 0 Å². The molecule has 1 N–H and O–H groups in total. The second kappa shape index (κ2) is 5.62. The molecule has 0 radical (unpaired) electrons. The van der Waals surface area contributed by atoms with E-state index >= 15 is 0 Å². The summed E-state index contributed by atoms with van der Waals surface area (Å²) in [6, 6.07) is 0.242. The number of allylic oxidation sites excluding steroid dienone is 2. The molecule has 2 saturated carbocycles. The van der Waals surface area contributed by atoms with E-state index in [0.717, 1.165) is 29.8 Å². The number of aryl methyl sites for hydroxylation is 1. The molecule has 1 aromatic rings. The van der Waals surface area contributed by atoms with Crippen LogP contribution in [-0.4, -0.2) is 26.5 Å². The molecular formula is C18H24N2O3. The molecule has 0 saturated heterocycles. The van der Waals surface area contributed by atoms with Crippen LogP contribution in [0.3, 0.4) is 0 Å². The number of aliphatic hydroxyl groups is 1. The van der Waals surface area contributed by atoms with E-state index in [9.17, 15) is 14.7 Å². The molecule has 2 fully saturated rings. The summed E-state index contributed by atoms with van der Waals surface area (Å²) < 4.78 is 1.95. The highest BCUT2D eigenvalue weighted by atomic mass is 16.3. The topological polar surface area (TPSA) is 72.2 Å². The Hall–Kier alpha value is -1.91. The van der Waals surface area contributed by atoms with Crippen LogP contribution in [0.1, 0.15) is 68.4 Å². The van der Waals surface area contributed by atoms with Crippen molar-refractivity contribution < 1.29 is 14.7 Å². The first-order valence-electron chi connectivity index (χ1n) is 8.36. The molecule has 5 heteroatoms. The van der Waals surface area contributed by atoms with Crippen molar-refractivity contribution in [1.82, 2.24) is 9.78 Å². The number of hydrogen-bond acceptors (Lipinski definition) is 4. The minimum absolute atomic E-state index is 0.0293. The van der Waals surface area contributed by atoms with Gasteiger partial charge < -0.3 is 5.11 Å². The highest BCUT2D eigenvalue weighted by molar-refractivity contribution is 6.22. The number of aliphatic hydroxyl groups excluding tert-OH is 1. The summed E-state index contributed by atoms with van der Waals surface area (Å²) in [7, 11) is 0. The number of carbonyl (C=O) groups is 2. The zero-order chi connectivity index (χ0) is 16.9. The lowest BCUT2D eigenvalue weighted by atomic mass is 9.78. The van der Waals surface area contributed by atoms with Crippen LogP contribution in [0.2, 0.25) is 0 Å². The number of aromatic nitrogens is 2. The predicted molar refractivity (Wildman–Crippen MR) is 86.5 cm³/mol. The summed E-state index contributed by atoms with van der Waals surface area (Å²) in [6.07, 6.45) is 2.31. The number of Topliss-reactive ketones (excluding diaryl/α,β-unsaturated/α-hetero) is 2. The summed E-state index contributed by atoms with van der Waals surface area (Å²) in [4.78, 5) is 24.9. The maximum absolute atomic E-state index is 12.5. The maximum atomic E-state index is 12.5. The van der Waals surface area contributed by atoms with Gasteiger partial charge in [-0.05, 0) is 46.1 Å². The van der Waals surface area contributed by atoms with Gasteiger partial charge >= 0.3 is 0 Å². The third-order valence-corrected chi connectivity index (χ3v) is 4.92. The summed E-state index contributed by atoms with van der Waals surface area (Å²) in [5, 5.41) is 14.7. The molecule has 2 aliphatic rings. The van der Waals surface area contributed by atoms with Crippen LogP contribution in [0.4, 0.5) is 0 Å². The highest BCUT2D eigenvalue weighted by Gasteiger charge is 2.39. The van der Waals surface area contributed by atoms with Gasteiger partial charge in [0.15, 0.2) is 11.6 Å². The Morgan fingerprint density at radius 1 is 1.17 bits per heavy atom. The van der Waals surface area contributed by atoms with Crippen molar-refractivity contribution in [1.29, 1.82) is 0 Å². The minimum atomic E-state index is -0.216. The van der Waals surface area contributed by atoms with Gasteiger partial charge in [-0.2, -0.15) is 5.10 Å². The molecule has 3 rings (SSSR count). The Morgan fingerprint density at radius 2 is 1.74 bits per heavy atom. The largest absolute Gasteiger partial charge is 0.511 e. The van der Waals surface area contributed by atoms with Crippen molar-refractivity contribution in [2.75, 3.05) is 0 Å². The van der Waals surface area contributed by atoms with Crippen molar-refractivity contribution in [3.8, 4) is 0 Å². The van der Waals surface area contributed by atoms with Gasteiger partial charge in [0.2, 0.25) is 0 Å². The number of hydrogen-bond donors (Lipinski definition) is 1. The molecule has 124 valence electrons. The molecule has 0 atom stereocenters. The predicted octanol–water partition coefficient (Wildman–Crippen LogP) is 3.32. The molecule has 2 aliphatic carbocycles. The third kappa shape index (κ3) is 2.73. The van der Waals surface area contributed by atoms with Gasteiger partial charge in [0, 0.05) is 36.4 Å². The van der Waals surface area contributed by atoms with Crippen LogP contribution in [0, 0.1) is 19.8 Å². The highest BCUT2D eigenvalue weighted by Crippen LogP contribution is 2.41. The van der Waals surface area contributed by atoms with E-state index in [4.69, 9.17) is 0 Å². The normalized spacial score (nSPS) is 22.1. The SMILES string of the molecule is Cc1nn(C(C)C)c(C)c1C1CC(=O)C(=C(O)C2CC2)C(=O)C1. The molecule has 0 spiro atoms. The molecular weight excluding hydrogens is 292 g/mol. The van der Waals surface area contributed by atoms with E-state index in [2.05, 4.69) is 18.9 Å². The number of nitrogens with zero attached hydrogens (tertiary/aromatic N) is 2. The summed E-state index contributed by atoms with van der Waals surface area (Å²) in [6.45, 7) is 8.06. The van der Waals surface area contributed by atoms with Crippen LogP contribution in [0.15, 0.2) is 11.3 Å². The van der Waals surface area contributed by atoms with Gasteiger partial charge in [0.25, 0.3) is 0 Å². The first kappa shape index (κ1) is 16.0. The summed E-state index contributed by atoms with van der Waals surface area (Å²) in [5.41, 5.74) is 3.00. The second-order valence-electron chi connectivity index (χ2n) is 7.11. The first-order chi connectivity index (χ1) is 10.8. The molecule has 0 aliphatic heterocycles. The zero-order valence-corrected chi connectivity index (χ0v) is 14.2. The van der Waals surface area contributed by atoms with Gasteiger partial charge in [-0.1, -0.05) is 0 Å². The number of rotatable bonds is 3. The van der Waals surface area contributed by atoms with E-state index in [1.807, 2.05) is 18.5 Å². The maximum Gasteiger partial charge on any atom is 0.170 e. The molecule has 1 aromatic heterocycles. The fourth-order valence-corrected chi connectivity index (χ4v) is 3.70. The quantitative estimate of drug-likeness (QED) is 0.527. The molecule has 0 aromatic carbocycles. The Labute approximate surface area is 136 Å². The van der Waals surface area contributed by atoms with Gasteiger partial charge in [0.05, 0.1) is 11.3 Å². The smallest absolute Gasteiger partial charge is 0.170 e. The Bertz CT molecular complexity index is 688. The lowest BCUT2D eigenvalue weighted by Gasteiger charge is -2.23. The van der Waals surface area contributed by atoms with Gasteiger partial charge in [-0.25, -0.2) is 0 Å². The van der Waals surface area contributed by atoms with E-state index in [1.54, 1.807) is 0 Å². The molecule has 0 bridgehead atoms. The zero-order valence-electron chi connectivity index (χ0n) is 14.2. The number of carbonyl (C=O) groups excluding carboxylic acids is 2. The van der Waals surface area contributed by atoms with Crippen molar-refractivity contribution in [2.24, 2.45) is 5.92 Å². The average molecular weight is 316 g/mol. The Morgan fingerprint density at radius 3 is 2.17 bits per heavy atom. The third-order valence-electron chi connectivity index (χ3n) is 4.92. The molecule has 0 unspecified atom stereocenters. The summed E-state index contributed by atoms with van der Waals surface area (Å²) in [5.74, 6) is -0.497. The Kier molecular flexibility index (Phi) is 3.90. The van der Waals surface area contributed by atoms with Crippen LogP contribution >= 0.6 is 0 Å². The fraction of sp³-hybridized carbons (Fsp3) is 0.611.